The molecule has 0 aliphatic carbocycles. The van der Waals surface area contributed by atoms with Gasteiger partial charge in [0.15, 0.2) is 5.16 Å². The molecule has 6 nitrogen and oxygen atoms in total. The fraction of sp³-hybridized carbons (Fsp3) is 0.100. The first-order valence-electron chi connectivity index (χ1n) is 8.28. The number of amides is 1. The van der Waals surface area contributed by atoms with Gasteiger partial charge < -0.3 is 4.74 Å². The molecule has 1 amide bonds. The van der Waals surface area contributed by atoms with Crippen LogP contribution in [0.4, 0.5) is 0 Å². The van der Waals surface area contributed by atoms with Crippen molar-refractivity contribution in [1.29, 1.82) is 0 Å². The zero-order valence-electron chi connectivity index (χ0n) is 14.5. The van der Waals surface area contributed by atoms with E-state index in [1.807, 2.05) is 54.6 Å². The summed E-state index contributed by atoms with van der Waals surface area (Å²) in [5, 5.41) is 4.52. The number of thioether (sulfide) groups is 1. The van der Waals surface area contributed by atoms with E-state index in [1.54, 1.807) is 24.7 Å². The third-order valence-electron chi connectivity index (χ3n) is 3.41. The molecular weight excluding hydrogens is 360 g/mol. The van der Waals surface area contributed by atoms with Crippen molar-refractivity contribution in [1.82, 2.24) is 15.4 Å². The maximum Gasteiger partial charge on any atom is 0.250 e. The second-order valence-electron chi connectivity index (χ2n) is 5.46. The van der Waals surface area contributed by atoms with Crippen molar-refractivity contribution in [2.24, 2.45) is 5.10 Å². The van der Waals surface area contributed by atoms with Crippen molar-refractivity contribution < 1.29 is 9.53 Å². The Morgan fingerprint density at radius 2 is 1.78 bits per heavy atom. The Morgan fingerprint density at radius 3 is 2.52 bits per heavy atom. The molecule has 0 saturated carbocycles. The van der Waals surface area contributed by atoms with Crippen molar-refractivity contribution in [2.75, 3.05) is 5.75 Å². The van der Waals surface area contributed by atoms with Crippen molar-refractivity contribution in [3.8, 4) is 5.75 Å². The van der Waals surface area contributed by atoms with Crippen molar-refractivity contribution >= 4 is 23.9 Å². The molecule has 27 heavy (non-hydrogen) atoms. The van der Waals surface area contributed by atoms with E-state index in [1.165, 1.54) is 11.8 Å². The smallest absolute Gasteiger partial charge is 0.250 e. The molecule has 0 bridgehead atoms. The number of carbonyl (C=O) groups excluding carboxylic acids is 1. The Bertz CT molecular complexity index is 872. The molecule has 0 radical (unpaired) electrons. The van der Waals surface area contributed by atoms with Gasteiger partial charge in [-0.2, -0.15) is 5.10 Å². The van der Waals surface area contributed by atoms with Gasteiger partial charge >= 0.3 is 0 Å². The molecule has 0 spiro atoms. The summed E-state index contributed by atoms with van der Waals surface area (Å²) in [5.41, 5.74) is 4.46. The van der Waals surface area contributed by atoms with Crippen LogP contribution in [-0.2, 0) is 11.4 Å². The van der Waals surface area contributed by atoms with E-state index in [0.717, 1.165) is 16.9 Å². The molecule has 0 fully saturated rings. The Morgan fingerprint density at radius 1 is 1.04 bits per heavy atom. The van der Waals surface area contributed by atoms with Gasteiger partial charge in [0.1, 0.15) is 12.4 Å². The van der Waals surface area contributed by atoms with Gasteiger partial charge in [-0.3, -0.25) is 4.79 Å². The molecule has 0 unspecified atom stereocenters. The number of carbonyl (C=O) groups is 1. The van der Waals surface area contributed by atoms with Gasteiger partial charge in [0.2, 0.25) is 0 Å². The van der Waals surface area contributed by atoms with Crippen LogP contribution in [0.25, 0.3) is 0 Å². The average Bonchev–Trinajstić information content (AvgIpc) is 2.73. The zero-order valence-corrected chi connectivity index (χ0v) is 15.3. The van der Waals surface area contributed by atoms with Gasteiger partial charge in [-0.05, 0) is 41.5 Å². The predicted molar refractivity (Wildman–Crippen MR) is 106 cm³/mol. The van der Waals surface area contributed by atoms with Gasteiger partial charge in [-0.15, -0.1) is 0 Å². The topological polar surface area (TPSA) is 76.5 Å². The number of ether oxygens (including phenoxy) is 1. The first-order valence-corrected chi connectivity index (χ1v) is 9.27. The molecule has 2 aromatic carbocycles. The van der Waals surface area contributed by atoms with Crippen LogP contribution in [0.2, 0.25) is 0 Å². The van der Waals surface area contributed by atoms with E-state index < -0.39 is 0 Å². The van der Waals surface area contributed by atoms with Gasteiger partial charge in [0.05, 0.1) is 12.0 Å². The maximum absolute atomic E-state index is 11.8. The fourth-order valence-corrected chi connectivity index (χ4v) is 2.69. The molecular formula is C20H18N4O2S. The molecule has 0 aliphatic heterocycles. The summed E-state index contributed by atoms with van der Waals surface area (Å²) in [4.78, 5) is 19.8. The number of aromatic nitrogens is 2. The lowest BCUT2D eigenvalue weighted by molar-refractivity contribution is -0.118. The molecule has 3 rings (SSSR count). The summed E-state index contributed by atoms with van der Waals surface area (Å²) < 4.78 is 5.73. The number of hydrogen-bond donors (Lipinski definition) is 1. The summed E-state index contributed by atoms with van der Waals surface area (Å²) in [6.45, 7) is 0.521. The summed E-state index contributed by atoms with van der Waals surface area (Å²) in [6.07, 6.45) is 4.86. The Labute approximate surface area is 161 Å². The molecule has 3 aromatic rings. The lowest BCUT2D eigenvalue weighted by Gasteiger charge is -2.06. The van der Waals surface area contributed by atoms with Crippen LogP contribution in [0, 0.1) is 0 Å². The van der Waals surface area contributed by atoms with E-state index in [-0.39, 0.29) is 11.7 Å². The Hall–Kier alpha value is -3.19. The largest absolute Gasteiger partial charge is 0.489 e. The highest BCUT2D eigenvalue weighted by Crippen LogP contribution is 2.13. The SMILES string of the molecule is O=C(CSc1ncccn1)NN=Cc1ccc(OCc2ccccc2)cc1. The summed E-state index contributed by atoms with van der Waals surface area (Å²) in [7, 11) is 0. The van der Waals surface area contributed by atoms with E-state index in [9.17, 15) is 4.79 Å². The van der Waals surface area contributed by atoms with Gasteiger partial charge in [-0.1, -0.05) is 42.1 Å². The maximum atomic E-state index is 11.8. The highest BCUT2D eigenvalue weighted by atomic mass is 32.2. The molecule has 1 aromatic heterocycles. The number of rotatable bonds is 8. The average molecular weight is 378 g/mol. The van der Waals surface area contributed by atoms with E-state index in [0.29, 0.717) is 11.8 Å². The van der Waals surface area contributed by atoms with Gasteiger partial charge in [-0.25, -0.2) is 15.4 Å². The number of nitrogens with zero attached hydrogens (tertiary/aromatic N) is 3. The first-order chi connectivity index (χ1) is 13.3. The lowest BCUT2D eigenvalue weighted by atomic mass is 10.2. The second-order valence-corrected chi connectivity index (χ2v) is 6.40. The van der Waals surface area contributed by atoms with Crippen molar-refractivity contribution in [3.05, 3.63) is 84.2 Å². The summed E-state index contributed by atoms with van der Waals surface area (Å²) >= 11 is 1.26. The van der Waals surface area contributed by atoms with Crippen molar-refractivity contribution in [3.63, 3.8) is 0 Å². The molecule has 0 atom stereocenters. The van der Waals surface area contributed by atoms with E-state index in [2.05, 4.69) is 20.5 Å². The lowest BCUT2D eigenvalue weighted by Crippen LogP contribution is -2.19. The minimum absolute atomic E-state index is 0.202. The quantitative estimate of drug-likeness (QED) is 0.282. The monoisotopic (exact) mass is 378 g/mol. The molecule has 136 valence electrons. The second kappa shape index (κ2) is 10.1. The van der Waals surface area contributed by atoms with Gasteiger partial charge in [0.25, 0.3) is 5.91 Å². The van der Waals surface area contributed by atoms with Crippen LogP contribution in [0.15, 0.2) is 83.3 Å². The minimum Gasteiger partial charge on any atom is -0.489 e. The number of benzene rings is 2. The molecule has 1 N–H and O–H groups in total. The van der Waals surface area contributed by atoms with Crippen LogP contribution in [0.5, 0.6) is 5.75 Å². The third kappa shape index (κ3) is 6.56. The number of nitrogens with one attached hydrogen (secondary N) is 1. The third-order valence-corrected chi connectivity index (χ3v) is 4.28. The van der Waals surface area contributed by atoms with Gasteiger partial charge in [0, 0.05) is 12.4 Å². The van der Waals surface area contributed by atoms with Crippen LogP contribution in [0.1, 0.15) is 11.1 Å². The summed E-state index contributed by atoms with van der Waals surface area (Å²) in [6, 6.07) is 19.2. The van der Waals surface area contributed by atoms with Crippen LogP contribution in [-0.4, -0.2) is 27.8 Å². The Balaban J connectivity index is 1.41. The first kappa shape index (κ1) is 18.6. The molecule has 0 aliphatic rings. The highest BCUT2D eigenvalue weighted by Gasteiger charge is 2.02. The normalized spacial score (nSPS) is 10.7. The highest BCUT2D eigenvalue weighted by molar-refractivity contribution is 7.99. The van der Waals surface area contributed by atoms with Crippen LogP contribution < -0.4 is 10.2 Å². The van der Waals surface area contributed by atoms with Crippen LogP contribution >= 0.6 is 11.8 Å². The predicted octanol–water partition coefficient (Wildman–Crippen LogP) is 3.30. The number of hydrogen-bond acceptors (Lipinski definition) is 6. The summed E-state index contributed by atoms with van der Waals surface area (Å²) in [5.74, 6) is 0.763. The molecule has 0 saturated heterocycles. The van der Waals surface area contributed by atoms with E-state index in [4.69, 9.17) is 4.74 Å². The fourth-order valence-electron chi connectivity index (χ4n) is 2.09. The van der Waals surface area contributed by atoms with Crippen molar-refractivity contribution in [2.45, 2.75) is 11.8 Å². The zero-order chi connectivity index (χ0) is 18.7. The minimum atomic E-state index is -0.216. The molecule has 7 heteroatoms. The number of hydrazone groups is 1. The molecule has 1 heterocycles. The van der Waals surface area contributed by atoms with E-state index >= 15 is 0 Å². The van der Waals surface area contributed by atoms with Crippen LogP contribution in [0.3, 0.4) is 0 Å². The standard InChI is InChI=1S/C20H18N4O2S/c25-19(15-27-20-21-11-4-12-22-20)24-23-13-16-7-9-18(10-8-16)26-14-17-5-2-1-3-6-17/h1-13H,14-15H2,(H,24,25). The Kier molecular flexibility index (Phi) is 6.94.